The maximum absolute atomic E-state index is 5.76. The number of piperidine rings is 1. The van der Waals surface area contributed by atoms with Crippen LogP contribution in [0.5, 0.6) is 0 Å². The first kappa shape index (κ1) is 13.8. The molecule has 3 heteroatoms. The lowest BCUT2D eigenvalue weighted by Gasteiger charge is -2.37. The van der Waals surface area contributed by atoms with Crippen LogP contribution >= 0.6 is 0 Å². The van der Waals surface area contributed by atoms with Crippen molar-refractivity contribution in [1.82, 2.24) is 10.2 Å². The van der Waals surface area contributed by atoms with Crippen molar-refractivity contribution in [1.29, 1.82) is 0 Å². The highest BCUT2D eigenvalue weighted by atomic mass is 16.5. The summed E-state index contributed by atoms with van der Waals surface area (Å²) in [7, 11) is 2.33. The highest BCUT2D eigenvalue weighted by Gasteiger charge is 2.38. The fourth-order valence-corrected chi connectivity index (χ4v) is 4.37. The Morgan fingerprint density at radius 1 is 1.11 bits per heavy atom. The van der Waals surface area contributed by atoms with Crippen LogP contribution in [0.1, 0.15) is 51.9 Å². The number of ether oxygens (including phenoxy) is 1. The van der Waals surface area contributed by atoms with Gasteiger partial charge >= 0.3 is 0 Å². The lowest BCUT2D eigenvalue weighted by Crippen LogP contribution is -2.45. The molecule has 3 nitrogen and oxygen atoms in total. The molecule has 3 aliphatic rings. The topological polar surface area (TPSA) is 24.5 Å². The molecular formula is C16H30N2O. The van der Waals surface area contributed by atoms with Gasteiger partial charge in [-0.25, -0.2) is 0 Å². The van der Waals surface area contributed by atoms with Crippen molar-refractivity contribution in [2.75, 3.05) is 20.2 Å². The second-order valence-corrected chi connectivity index (χ2v) is 6.92. The van der Waals surface area contributed by atoms with Crippen LogP contribution in [-0.2, 0) is 4.74 Å². The molecule has 3 rings (SSSR count). The molecule has 2 bridgehead atoms. The van der Waals surface area contributed by atoms with E-state index in [1.54, 1.807) is 0 Å². The summed E-state index contributed by atoms with van der Waals surface area (Å²) in [5, 5.41) is 3.84. The number of hydrogen-bond acceptors (Lipinski definition) is 3. The third-order valence-corrected chi connectivity index (χ3v) is 5.71. The monoisotopic (exact) mass is 266 g/mol. The molecule has 0 saturated carbocycles. The second kappa shape index (κ2) is 6.11. The van der Waals surface area contributed by atoms with Crippen LogP contribution in [0.2, 0.25) is 0 Å². The lowest BCUT2D eigenvalue weighted by molar-refractivity contribution is -0.00143. The van der Waals surface area contributed by atoms with Crippen molar-refractivity contribution in [3.05, 3.63) is 0 Å². The second-order valence-electron chi connectivity index (χ2n) is 6.92. The van der Waals surface area contributed by atoms with Crippen molar-refractivity contribution in [2.24, 2.45) is 5.92 Å². The zero-order valence-electron chi connectivity index (χ0n) is 12.6. The van der Waals surface area contributed by atoms with E-state index in [2.05, 4.69) is 24.2 Å². The van der Waals surface area contributed by atoms with Gasteiger partial charge in [-0.3, -0.25) is 0 Å². The summed E-state index contributed by atoms with van der Waals surface area (Å²) in [4.78, 5) is 2.64. The first-order chi connectivity index (χ1) is 9.26. The van der Waals surface area contributed by atoms with Crippen LogP contribution in [0.4, 0.5) is 0 Å². The molecule has 110 valence electrons. The van der Waals surface area contributed by atoms with Crippen LogP contribution < -0.4 is 5.32 Å². The number of rotatable bonds is 4. The van der Waals surface area contributed by atoms with E-state index >= 15 is 0 Å². The van der Waals surface area contributed by atoms with Crippen molar-refractivity contribution in [2.45, 2.75) is 76.1 Å². The predicted molar refractivity (Wildman–Crippen MR) is 78.4 cm³/mol. The smallest absolute Gasteiger partial charge is 0.0587 e. The van der Waals surface area contributed by atoms with Gasteiger partial charge in [0, 0.05) is 24.7 Å². The lowest BCUT2D eigenvalue weighted by atomic mass is 9.90. The minimum atomic E-state index is 0.500. The summed E-state index contributed by atoms with van der Waals surface area (Å²) in [6.45, 7) is 4.43. The van der Waals surface area contributed by atoms with Gasteiger partial charge in [0.05, 0.1) is 6.10 Å². The Bertz CT molecular complexity index is 282. The molecule has 3 heterocycles. The molecule has 19 heavy (non-hydrogen) atoms. The normalized spacial score (nSPS) is 43.6. The fraction of sp³-hybridized carbons (Fsp3) is 1.00. The number of nitrogens with zero attached hydrogens (tertiary/aromatic N) is 1. The average molecular weight is 266 g/mol. The maximum atomic E-state index is 5.76. The molecule has 0 aromatic carbocycles. The van der Waals surface area contributed by atoms with E-state index in [1.807, 2.05) is 0 Å². The molecule has 4 atom stereocenters. The van der Waals surface area contributed by atoms with Gasteiger partial charge in [-0.15, -0.1) is 0 Å². The SMILES string of the molecule is CCC1CC(NCC2CC3CCC(C2)N3C)CCO1. The standard InChI is InChI=1S/C16H30N2O/c1-3-16-10-13(6-7-19-16)17-11-12-8-14-4-5-15(9-12)18(14)2/h12-17H,3-11H2,1-2H3. The molecule has 3 aliphatic heterocycles. The quantitative estimate of drug-likeness (QED) is 0.845. The third kappa shape index (κ3) is 3.14. The van der Waals surface area contributed by atoms with Gasteiger partial charge < -0.3 is 15.0 Å². The van der Waals surface area contributed by atoms with E-state index < -0.39 is 0 Å². The minimum absolute atomic E-state index is 0.500. The van der Waals surface area contributed by atoms with Crippen LogP contribution in [0.25, 0.3) is 0 Å². The molecule has 0 aliphatic carbocycles. The summed E-state index contributed by atoms with van der Waals surface area (Å²) >= 11 is 0. The maximum Gasteiger partial charge on any atom is 0.0587 e. The Morgan fingerprint density at radius 2 is 1.84 bits per heavy atom. The first-order valence-electron chi connectivity index (χ1n) is 8.33. The number of nitrogens with one attached hydrogen (secondary N) is 1. The van der Waals surface area contributed by atoms with Gasteiger partial charge in [0.1, 0.15) is 0 Å². The van der Waals surface area contributed by atoms with Crippen LogP contribution in [0, 0.1) is 5.92 Å². The third-order valence-electron chi connectivity index (χ3n) is 5.71. The zero-order chi connectivity index (χ0) is 13.2. The number of hydrogen-bond donors (Lipinski definition) is 1. The van der Waals surface area contributed by atoms with Crippen LogP contribution in [0.15, 0.2) is 0 Å². The van der Waals surface area contributed by atoms with E-state index in [0.717, 1.165) is 31.0 Å². The summed E-state index contributed by atoms with van der Waals surface area (Å²) < 4.78 is 5.76. The van der Waals surface area contributed by atoms with E-state index in [9.17, 15) is 0 Å². The van der Waals surface area contributed by atoms with Crippen molar-refractivity contribution in [3.63, 3.8) is 0 Å². The highest BCUT2D eigenvalue weighted by molar-refractivity contribution is 4.94. The molecule has 0 aromatic rings. The van der Waals surface area contributed by atoms with Gasteiger partial charge in [-0.05, 0) is 64.5 Å². The van der Waals surface area contributed by atoms with Crippen LogP contribution in [-0.4, -0.2) is 49.3 Å². The molecule has 0 aromatic heterocycles. The number of fused-ring (bicyclic) bond motifs is 2. The van der Waals surface area contributed by atoms with Gasteiger partial charge in [-0.2, -0.15) is 0 Å². The van der Waals surface area contributed by atoms with Crippen LogP contribution in [0.3, 0.4) is 0 Å². The van der Waals surface area contributed by atoms with Gasteiger partial charge in [0.25, 0.3) is 0 Å². The minimum Gasteiger partial charge on any atom is -0.378 e. The van der Waals surface area contributed by atoms with E-state index in [4.69, 9.17) is 4.74 Å². The summed E-state index contributed by atoms with van der Waals surface area (Å²) in [5.74, 6) is 0.914. The van der Waals surface area contributed by atoms with Gasteiger partial charge in [0.2, 0.25) is 0 Å². The largest absolute Gasteiger partial charge is 0.378 e. The molecular weight excluding hydrogens is 236 g/mol. The molecule has 3 fully saturated rings. The van der Waals surface area contributed by atoms with Crippen molar-refractivity contribution >= 4 is 0 Å². The highest BCUT2D eigenvalue weighted by Crippen LogP contribution is 2.37. The van der Waals surface area contributed by atoms with E-state index in [-0.39, 0.29) is 0 Å². The first-order valence-corrected chi connectivity index (χ1v) is 8.33. The summed E-state index contributed by atoms with van der Waals surface area (Å²) in [5.41, 5.74) is 0. The predicted octanol–water partition coefficient (Wildman–Crippen LogP) is 2.41. The Kier molecular flexibility index (Phi) is 4.45. The molecule has 3 saturated heterocycles. The van der Waals surface area contributed by atoms with Crippen molar-refractivity contribution in [3.8, 4) is 0 Å². The Morgan fingerprint density at radius 3 is 2.53 bits per heavy atom. The molecule has 4 unspecified atom stereocenters. The molecule has 0 spiro atoms. The Hall–Kier alpha value is -0.120. The average Bonchev–Trinajstić information content (AvgIpc) is 2.68. The van der Waals surface area contributed by atoms with Gasteiger partial charge in [-0.1, -0.05) is 6.92 Å². The van der Waals surface area contributed by atoms with Gasteiger partial charge in [0.15, 0.2) is 0 Å². The Balaban J connectivity index is 1.43. The zero-order valence-corrected chi connectivity index (χ0v) is 12.6. The molecule has 1 N–H and O–H groups in total. The molecule has 0 radical (unpaired) electrons. The van der Waals surface area contributed by atoms with E-state index in [1.165, 1.54) is 45.1 Å². The van der Waals surface area contributed by atoms with Crippen molar-refractivity contribution < 1.29 is 4.74 Å². The van der Waals surface area contributed by atoms with E-state index in [0.29, 0.717) is 12.1 Å². The molecule has 0 amide bonds. The summed E-state index contributed by atoms with van der Waals surface area (Å²) in [6, 6.07) is 2.46. The Labute approximate surface area is 118 Å². The fourth-order valence-electron chi connectivity index (χ4n) is 4.37. The summed E-state index contributed by atoms with van der Waals surface area (Å²) in [6.07, 6.45) is 9.79.